The van der Waals surface area contributed by atoms with E-state index in [9.17, 15) is 4.79 Å². The van der Waals surface area contributed by atoms with Crippen LogP contribution in [0.4, 0.5) is 4.79 Å². The zero-order valence-corrected chi connectivity index (χ0v) is 11.5. The van der Waals surface area contributed by atoms with Crippen molar-refractivity contribution in [3.8, 4) is 0 Å². The van der Waals surface area contributed by atoms with Gasteiger partial charge in [0, 0.05) is 12.6 Å². The fourth-order valence-electron chi connectivity index (χ4n) is 2.10. The topological polar surface area (TPSA) is 44.4 Å². The number of nitrogens with zero attached hydrogens (tertiary/aromatic N) is 1. The largest absolute Gasteiger partial charge is 0.338 e. The Balaban J connectivity index is 1.99. The first-order valence-corrected chi connectivity index (χ1v) is 6.84. The van der Waals surface area contributed by atoms with E-state index in [2.05, 4.69) is 22.5 Å². The molecule has 1 rings (SSSR count). The van der Waals surface area contributed by atoms with Crippen molar-refractivity contribution in [2.75, 3.05) is 26.2 Å². The van der Waals surface area contributed by atoms with Crippen molar-refractivity contribution in [3.05, 3.63) is 0 Å². The summed E-state index contributed by atoms with van der Waals surface area (Å²) in [6.45, 7) is 10.6. The Kier molecular flexibility index (Phi) is 6.34. The Morgan fingerprint density at radius 2 is 2.00 bits per heavy atom. The van der Waals surface area contributed by atoms with E-state index in [-0.39, 0.29) is 12.1 Å². The number of amides is 2. The van der Waals surface area contributed by atoms with Crippen molar-refractivity contribution in [1.29, 1.82) is 0 Å². The highest BCUT2D eigenvalue weighted by Crippen LogP contribution is 2.15. The lowest BCUT2D eigenvalue weighted by molar-refractivity contribution is 0.190. The predicted molar refractivity (Wildman–Crippen MR) is 71.1 cm³/mol. The molecule has 2 N–H and O–H groups in total. The van der Waals surface area contributed by atoms with E-state index in [1.54, 1.807) is 0 Å². The van der Waals surface area contributed by atoms with Gasteiger partial charge in [-0.2, -0.15) is 0 Å². The Hall–Kier alpha value is -0.770. The van der Waals surface area contributed by atoms with Gasteiger partial charge in [0.15, 0.2) is 0 Å². The molecule has 17 heavy (non-hydrogen) atoms. The van der Waals surface area contributed by atoms with Crippen molar-refractivity contribution in [2.24, 2.45) is 5.92 Å². The summed E-state index contributed by atoms with van der Waals surface area (Å²) < 4.78 is 0. The average molecular weight is 241 g/mol. The molecule has 0 aromatic rings. The summed E-state index contributed by atoms with van der Waals surface area (Å²) >= 11 is 0. The van der Waals surface area contributed by atoms with E-state index in [0.29, 0.717) is 0 Å². The number of nitrogens with one attached hydrogen (secondary N) is 2. The molecular weight excluding hydrogens is 214 g/mol. The van der Waals surface area contributed by atoms with Crippen LogP contribution < -0.4 is 10.6 Å². The fourth-order valence-corrected chi connectivity index (χ4v) is 2.10. The third-order valence-corrected chi connectivity index (χ3v) is 3.23. The van der Waals surface area contributed by atoms with E-state index in [4.69, 9.17) is 0 Å². The van der Waals surface area contributed by atoms with Gasteiger partial charge in [-0.05, 0) is 58.7 Å². The number of hydrogen-bond acceptors (Lipinski definition) is 2. The Morgan fingerprint density at radius 3 is 2.59 bits per heavy atom. The molecular formula is C13H27N3O. The molecule has 0 aromatic heterocycles. The molecule has 4 nitrogen and oxygen atoms in total. The van der Waals surface area contributed by atoms with E-state index in [1.807, 2.05) is 13.8 Å². The van der Waals surface area contributed by atoms with E-state index in [1.165, 1.54) is 25.9 Å². The van der Waals surface area contributed by atoms with Crippen molar-refractivity contribution >= 4 is 6.03 Å². The number of hydrogen-bond donors (Lipinski definition) is 2. The summed E-state index contributed by atoms with van der Waals surface area (Å²) in [5.74, 6) is 0.890. The van der Waals surface area contributed by atoms with Gasteiger partial charge in [0.1, 0.15) is 0 Å². The maximum Gasteiger partial charge on any atom is 0.314 e. The van der Waals surface area contributed by atoms with Crippen LogP contribution in [0.25, 0.3) is 0 Å². The molecule has 1 heterocycles. The maximum atomic E-state index is 11.3. The van der Waals surface area contributed by atoms with Crippen LogP contribution in [0.5, 0.6) is 0 Å². The molecule has 1 saturated heterocycles. The number of piperidine rings is 1. The van der Waals surface area contributed by atoms with E-state index < -0.39 is 0 Å². The van der Waals surface area contributed by atoms with Gasteiger partial charge >= 0.3 is 6.03 Å². The second-order valence-corrected chi connectivity index (χ2v) is 5.43. The van der Waals surface area contributed by atoms with Crippen LogP contribution in [-0.2, 0) is 0 Å². The van der Waals surface area contributed by atoms with Crippen LogP contribution in [0.15, 0.2) is 0 Å². The molecule has 0 aliphatic carbocycles. The summed E-state index contributed by atoms with van der Waals surface area (Å²) in [5, 5.41) is 5.71. The molecule has 0 spiro atoms. The van der Waals surface area contributed by atoms with E-state index >= 15 is 0 Å². The van der Waals surface area contributed by atoms with Crippen molar-refractivity contribution in [2.45, 2.75) is 46.1 Å². The molecule has 100 valence electrons. The number of carbonyl (C=O) groups excluding carboxylic acids is 1. The van der Waals surface area contributed by atoms with Gasteiger partial charge in [-0.1, -0.05) is 6.92 Å². The molecule has 0 atom stereocenters. The maximum absolute atomic E-state index is 11.3. The molecule has 0 radical (unpaired) electrons. The average Bonchev–Trinajstić information content (AvgIpc) is 2.26. The highest BCUT2D eigenvalue weighted by molar-refractivity contribution is 5.73. The van der Waals surface area contributed by atoms with Crippen molar-refractivity contribution in [3.63, 3.8) is 0 Å². The number of urea groups is 1. The third-order valence-electron chi connectivity index (χ3n) is 3.23. The van der Waals surface area contributed by atoms with Crippen LogP contribution in [0, 0.1) is 5.92 Å². The summed E-state index contributed by atoms with van der Waals surface area (Å²) in [6, 6.07) is 0.158. The molecule has 1 aliphatic rings. The molecule has 1 aliphatic heterocycles. The lowest BCUT2D eigenvalue weighted by Crippen LogP contribution is -2.41. The zero-order valence-electron chi connectivity index (χ0n) is 11.5. The van der Waals surface area contributed by atoms with Crippen LogP contribution in [0.2, 0.25) is 0 Å². The summed E-state index contributed by atoms with van der Waals surface area (Å²) in [7, 11) is 0. The first kappa shape index (κ1) is 14.3. The van der Waals surface area contributed by atoms with Gasteiger partial charge in [-0.15, -0.1) is 0 Å². The van der Waals surface area contributed by atoms with Crippen LogP contribution in [-0.4, -0.2) is 43.2 Å². The van der Waals surface area contributed by atoms with Crippen LogP contribution in [0.3, 0.4) is 0 Å². The quantitative estimate of drug-likeness (QED) is 0.721. The molecule has 2 amide bonds. The minimum Gasteiger partial charge on any atom is -0.338 e. The van der Waals surface area contributed by atoms with Crippen molar-refractivity contribution < 1.29 is 4.79 Å². The van der Waals surface area contributed by atoms with Gasteiger partial charge in [0.2, 0.25) is 0 Å². The zero-order chi connectivity index (χ0) is 12.7. The first-order valence-electron chi connectivity index (χ1n) is 6.84. The van der Waals surface area contributed by atoms with Gasteiger partial charge < -0.3 is 15.5 Å². The minimum absolute atomic E-state index is 0.0488. The normalized spacial score (nSPS) is 18.4. The van der Waals surface area contributed by atoms with Gasteiger partial charge in [0.05, 0.1) is 0 Å². The molecule has 4 heteroatoms. The lowest BCUT2D eigenvalue weighted by atomic mass is 9.99. The third kappa shape index (κ3) is 6.51. The fraction of sp³-hybridized carbons (Fsp3) is 0.923. The molecule has 1 fully saturated rings. The highest BCUT2D eigenvalue weighted by atomic mass is 16.2. The lowest BCUT2D eigenvalue weighted by Gasteiger charge is -2.30. The number of likely N-dealkylation sites (tertiary alicyclic amines) is 1. The smallest absolute Gasteiger partial charge is 0.314 e. The number of rotatable bonds is 5. The predicted octanol–water partition coefficient (Wildman–Crippen LogP) is 1.82. The standard InChI is InChI=1S/C13H27N3O/c1-11(2)15-13(17)14-7-4-8-16-9-5-12(3)6-10-16/h11-12H,4-10H2,1-3H3,(H2,14,15,17). The second-order valence-electron chi connectivity index (χ2n) is 5.43. The second kappa shape index (κ2) is 7.54. The Morgan fingerprint density at radius 1 is 1.35 bits per heavy atom. The van der Waals surface area contributed by atoms with Gasteiger partial charge in [-0.3, -0.25) is 0 Å². The minimum atomic E-state index is -0.0488. The van der Waals surface area contributed by atoms with Crippen LogP contribution in [0.1, 0.15) is 40.0 Å². The van der Waals surface area contributed by atoms with Crippen molar-refractivity contribution in [1.82, 2.24) is 15.5 Å². The highest BCUT2D eigenvalue weighted by Gasteiger charge is 2.14. The molecule has 0 aromatic carbocycles. The summed E-state index contributed by atoms with van der Waals surface area (Å²) in [6.07, 6.45) is 3.68. The van der Waals surface area contributed by atoms with E-state index in [0.717, 1.165) is 25.4 Å². The monoisotopic (exact) mass is 241 g/mol. The van der Waals surface area contributed by atoms with Gasteiger partial charge in [-0.25, -0.2) is 4.79 Å². The summed E-state index contributed by atoms with van der Waals surface area (Å²) in [5.41, 5.74) is 0. The SMILES string of the molecule is CC1CCN(CCCNC(=O)NC(C)C)CC1. The molecule has 0 unspecified atom stereocenters. The first-order chi connectivity index (χ1) is 8.08. The Labute approximate surface area is 105 Å². The Bertz CT molecular complexity index is 223. The summed E-state index contributed by atoms with van der Waals surface area (Å²) in [4.78, 5) is 13.8. The van der Waals surface area contributed by atoms with Gasteiger partial charge in [0.25, 0.3) is 0 Å². The van der Waals surface area contributed by atoms with Crippen LogP contribution >= 0.6 is 0 Å². The molecule has 0 bridgehead atoms. The number of carbonyl (C=O) groups is 1. The molecule has 0 saturated carbocycles.